The van der Waals surface area contributed by atoms with Crippen LogP contribution < -0.4 is 0 Å². The molecule has 0 amide bonds. The fourth-order valence-corrected chi connectivity index (χ4v) is 2.84. The Bertz CT molecular complexity index is 775. The summed E-state index contributed by atoms with van der Waals surface area (Å²) in [5.74, 6) is 0. The lowest BCUT2D eigenvalue weighted by Gasteiger charge is -2.08. The molecule has 20 heavy (non-hydrogen) atoms. The zero-order valence-electron chi connectivity index (χ0n) is 10.6. The van der Waals surface area contributed by atoms with Crippen molar-refractivity contribution in [2.75, 3.05) is 0 Å². The first-order chi connectivity index (χ1) is 9.56. The first-order valence-corrected chi connectivity index (χ1v) is 7.12. The van der Waals surface area contributed by atoms with Gasteiger partial charge in [0.15, 0.2) is 5.65 Å². The highest BCUT2D eigenvalue weighted by Gasteiger charge is 2.11. The van der Waals surface area contributed by atoms with Crippen molar-refractivity contribution in [2.45, 2.75) is 13.3 Å². The molecule has 0 N–H and O–H groups in total. The van der Waals surface area contributed by atoms with Gasteiger partial charge in [-0.05, 0) is 30.7 Å². The van der Waals surface area contributed by atoms with Crippen LogP contribution in [0.4, 0.5) is 0 Å². The Morgan fingerprint density at radius 1 is 1.15 bits per heavy atom. The quantitative estimate of drug-likeness (QED) is 0.645. The molecule has 0 aliphatic rings. The second-order valence-electron chi connectivity index (χ2n) is 4.51. The lowest BCUT2D eigenvalue weighted by atomic mass is 10.1. The Labute approximate surface area is 131 Å². The van der Waals surface area contributed by atoms with E-state index in [1.807, 2.05) is 25.1 Å². The summed E-state index contributed by atoms with van der Waals surface area (Å²) in [7, 11) is 0. The van der Waals surface area contributed by atoms with Gasteiger partial charge in [-0.1, -0.05) is 40.9 Å². The third-order valence-corrected chi connectivity index (χ3v) is 4.05. The van der Waals surface area contributed by atoms with Crippen molar-refractivity contribution in [3.63, 3.8) is 0 Å². The van der Waals surface area contributed by atoms with E-state index < -0.39 is 0 Å². The predicted octanol–water partition coefficient (Wildman–Crippen LogP) is 4.59. The van der Waals surface area contributed by atoms with Gasteiger partial charge in [-0.2, -0.15) is 5.10 Å². The Hall–Kier alpha value is -1.29. The number of aromatic nitrogens is 3. The molecule has 0 fully saturated rings. The average molecular weight is 327 g/mol. The lowest BCUT2D eigenvalue weighted by Crippen LogP contribution is -2.00. The van der Waals surface area contributed by atoms with Gasteiger partial charge in [0.05, 0.1) is 11.9 Å². The second-order valence-corrected chi connectivity index (χ2v) is 5.71. The Balaban J connectivity index is 2.09. The van der Waals surface area contributed by atoms with Gasteiger partial charge in [-0.15, -0.1) is 0 Å². The van der Waals surface area contributed by atoms with Gasteiger partial charge < -0.3 is 0 Å². The van der Waals surface area contributed by atoms with Crippen LogP contribution in [-0.2, 0) is 6.42 Å². The summed E-state index contributed by atoms with van der Waals surface area (Å²) in [6.45, 7) is 1.94. The van der Waals surface area contributed by atoms with Crippen LogP contribution in [0.3, 0.4) is 0 Å². The second kappa shape index (κ2) is 5.24. The maximum absolute atomic E-state index is 6.22. The molecule has 0 unspecified atom stereocenters. The van der Waals surface area contributed by atoms with E-state index in [1.165, 1.54) is 0 Å². The number of nitrogens with zero attached hydrogens (tertiary/aromatic N) is 3. The highest BCUT2D eigenvalue weighted by molar-refractivity contribution is 6.36. The molecule has 0 bridgehead atoms. The molecule has 0 atom stereocenters. The summed E-state index contributed by atoms with van der Waals surface area (Å²) in [6, 6.07) is 7.22. The molecule has 6 heteroatoms. The molecular formula is C14H10Cl3N3. The van der Waals surface area contributed by atoms with E-state index >= 15 is 0 Å². The van der Waals surface area contributed by atoms with E-state index in [0.717, 1.165) is 22.5 Å². The number of rotatable bonds is 2. The van der Waals surface area contributed by atoms with Crippen molar-refractivity contribution < 1.29 is 0 Å². The first kappa shape index (κ1) is 13.7. The summed E-state index contributed by atoms with van der Waals surface area (Å²) in [4.78, 5) is 4.57. The summed E-state index contributed by atoms with van der Waals surface area (Å²) in [6.07, 6.45) is 2.26. The number of halogens is 3. The van der Waals surface area contributed by atoms with E-state index in [9.17, 15) is 0 Å². The molecule has 0 saturated heterocycles. The van der Waals surface area contributed by atoms with E-state index in [-0.39, 0.29) is 0 Å². The number of benzene rings is 1. The summed E-state index contributed by atoms with van der Waals surface area (Å²) < 4.78 is 1.61. The minimum Gasteiger partial charge on any atom is -0.233 e. The normalized spacial score (nSPS) is 11.2. The molecule has 1 aromatic carbocycles. The third-order valence-electron chi connectivity index (χ3n) is 3.08. The van der Waals surface area contributed by atoms with Crippen molar-refractivity contribution in [2.24, 2.45) is 0 Å². The van der Waals surface area contributed by atoms with Gasteiger partial charge >= 0.3 is 0 Å². The van der Waals surface area contributed by atoms with Crippen LogP contribution in [0.5, 0.6) is 0 Å². The number of fused-ring (bicyclic) bond motifs is 1. The number of hydrogen-bond acceptors (Lipinski definition) is 2. The molecule has 3 rings (SSSR count). The maximum atomic E-state index is 6.22. The van der Waals surface area contributed by atoms with Gasteiger partial charge in [-0.3, -0.25) is 0 Å². The fraction of sp³-hybridized carbons (Fsp3) is 0.143. The summed E-state index contributed by atoms with van der Waals surface area (Å²) >= 11 is 18.6. The molecule has 2 aromatic heterocycles. The molecule has 0 spiro atoms. The zero-order chi connectivity index (χ0) is 14.3. The van der Waals surface area contributed by atoms with Crippen LogP contribution in [0, 0.1) is 6.92 Å². The van der Waals surface area contributed by atoms with Gasteiger partial charge in [0.1, 0.15) is 5.15 Å². The van der Waals surface area contributed by atoms with Gasteiger partial charge in [0.25, 0.3) is 0 Å². The van der Waals surface area contributed by atoms with Crippen molar-refractivity contribution in [3.8, 4) is 0 Å². The van der Waals surface area contributed by atoms with E-state index in [2.05, 4.69) is 10.1 Å². The molecule has 0 radical (unpaired) electrons. The van der Waals surface area contributed by atoms with Crippen molar-refractivity contribution in [1.82, 2.24) is 14.6 Å². The smallest absolute Gasteiger partial charge is 0.159 e. The molecule has 3 aromatic rings. The molecule has 2 heterocycles. The molecule has 0 aliphatic carbocycles. The molecule has 0 aliphatic heterocycles. The summed E-state index contributed by atoms with van der Waals surface area (Å²) in [5.41, 5.74) is 3.37. The molecule has 0 saturated carbocycles. The minimum atomic E-state index is 0.515. The van der Waals surface area contributed by atoms with E-state index in [1.54, 1.807) is 16.8 Å². The van der Waals surface area contributed by atoms with Gasteiger partial charge in [0.2, 0.25) is 0 Å². The van der Waals surface area contributed by atoms with Crippen molar-refractivity contribution >= 4 is 40.4 Å². The van der Waals surface area contributed by atoms with Crippen LogP contribution in [-0.4, -0.2) is 14.6 Å². The number of hydrogen-bond donors (Lipinski definition) is 0. The maximum Gasteiger partial charge on any atom is 0.159 e. The van der Waals surface area contributed by atoms with Crippen LogP contribution in [0.15, 0.2) is 30.5 Å². The number of aryl methyl sites for hydroxylation is 1. The first-order valence-electron chi connectivity index (χ1n) is 5.99. The van der Waals surface area contributed by atoms with Gasteiger partial charge in [0, 0.05) is 22.0 Å². The van der Waals surface area contributed by atoms with Gasteiger partial charge in [-0.25, -0.2) is 9.50 Å². The monoisotopic (exact) mass is 325 g/mol. The largest absolute Gasteiger partial charge is 0.233 e. The van der Waals surface area contributed by atoms with Crippen molar-refractivity contribution in [1.29, 1.82) is 0 Å². The average Bonchev–Trinajstić information content (AvgIpc) is 2.77. The lowest BCUT2D eigenvalue weighted by molar-refractivity contribution is 0.919. The standard InChI is InChI=1S/C14H10Cl3N3/c1-8-7-18-20-13(17)6-9(19-14(8)20)5-10-11(15)3-2-4-12(10)16/h2-4,6-7H,5H2,1H3. The van der Waals surface area contributed by atoms with Crippen LogP contribution >= 0.6 is 34.8 Å². The summed E-state index contributed by atoms with van der Waals surface area (Å²) in [5, 5.41) is 5.94. The fourth-order valence-electron chi connectivity index (χ4n) is 2.06. The topological polar surface area (TPSA) is 30.2 Å². The third kappa shape index (κ3) is 2.37. The molecule has 3 nitrogen and oxygen atoms in total. The SMILES string of the molecule is Cc1cnn2c(Cl)cc(Cc3c(Cl)cccc3Cl)nc12. The van der Waals surface area contributed by atoms with Crippen LogP contribution in [0.25, 0.3) is 5.65 Å². The Morgan fingerprint density at radius 3 is 2.55 bits per heavy atom. The Morgan fingerprint density at radius 2 is 1.85 bits per heavy atom. The molecule has 102 valence electrons. The van der Waals surface area contributed by atoms with Crippen LogP contribution in [0.1, 0.15) is 16.8 Å². The van der Waals surface area contributed by atoms with E-state index in [4.69, 9.17) is 34.8 Å². The highest BCUT2D eigenvalue weighted by atomic mass is 35.5. The zero-order valence-corrected chi connectivity index (χ0v) is 12.8. The minimum absolute atomic E-state index is 0.515. The molecular weight excluding hydrogens is 317 g/mol. The highest BCUT2D eigenvalue weighted by Crippen LogP contribution is 2.27. The predicted molar refractivity (Wildman–Crippen MR) is 82.0 cm³/mol. The Kier molecular flexibility index (Phi) is 3.59. The van der Waals surface area contributed by atoms with E-state index in [0.29, 0.717) is 21.6 Å². The van der Waals surface area contributed by atoms with Crippen LogP contribution in [0.2, 0.25) is 15.2 Å². The van der Waals surface area contributed by atoms with Crippen molar-refractivity contribution in [3.05, 3.63) is 62.5 Å².